The predicted molar refractivity (Wildman–Crippen MR) is 163 cm³/mol. The van der Waals surface area contributed by atoms with E-state index in [0.29, 0.717) is 13.2 Å². The molecule has 216 valence electrons. The van der Waals surface area contributed by atoms with Crippen molar-refractivity contribution in [1.29, 1.82) is 0 Å². The van der Waals surface area contributed by atoms with Crippen molar-refractivity contribution in [1.82, 2.24) is 9.55 Å². The van der Waals surface area contributed by atoms with Gasteiger partial charge in [0.1, 0.15) is 5.82 Å². The molecule has 1 aromatic heterocycles. The van der Waals surface area contributed by atoms with Crippen molar-refractivity contribution in [3.63, 3.8) is 0 Å². The van der Waals surface area contributed by atoms with Gasteiger partial charge in [0, 0.05) is 18.0 Å². The van der Waals surface area contributed by atoms with Crippen LogP contribution >= 0.6 is 0 Å². The van der Waals surface area contributed by atoms with E-state index in [1.165, 1.54) is 12.7 Å². The number of imidazole rings is 1. The number of hydrogen-bond donors (Lipinski definition) is 0. The number of carbonyl (C=O) groups excluding carboxylic acids is 1. The maximum atomic E-state index is 12.7. The van der Waals surface area contributed by atoms with Gasteiger partial charge in [0.25, 0.3) is 0 Å². The van der Waals surface area contributed by atoms with Crippen molar-refractivity contribution in [2.24, 2.45) is 0 Å². The maximum absolute atomic E-state index is 12.7. The van der Waals surface area contributed by atoms with E-state index >= 15 is 0 Å². The zero-order chi connectivity index (χ0) is 28.7. The predicted octanol–water partition coefficient (Wildman–Crippen LogP) is 7.28. The number of benzene rings is 2. The number of amides is 1. The lowest BCUT2D eigenvalue weighted by Gasteiger charge is -2.38. The fourth-order valence-electron chi connectivity index (χ4n) is 5.78. The Labute approximate surface area is 239 Å². The molecule has 0 saturated carbocycles. The smallest absolute Gasteiger partial charge is 0.414 e. The molecular formula is C32H45N3O4Si. The Hall–Kier alpha value is -2.68. The van der Waals surface area contributed by atoms with Crippen LogP contribution in [-0.4, -0.2) is 56.4 Å². The third kappa shape index (κ3) is 5.58. The molecule has 1 saturated heterocycles. The van der Waals surface area contributed by atoms with Crippen LogP contribution in [0.15, 0.2) is 42.5 Å². The monoisotopic (exact) mass is 563 g/mol. The fraction of sp³-hybridized carbons (Fsp3) is 0.562. The van der Waals surface area contributed by atoms with Gasteiger partial charge in [-0.1, -0.05) is 51.1 Å². The van der Waals surface area contributed by atoms with E-state index in [-0.39, 0.29) is 29.3 Å². The van der Waals surface area contributed by atoms with Gasteiger partial charge in [0.05, 0.1) is 49.2 Å². The van der Waals surface area contributed by atoms with Crippen molar-refractivity contribution in [3.05, 3.63) is 59.4 Å². The zero-order valence-electron chi connectivity index (χ0n) is 25.2. The summed E-state index contributed by atoms with van der Waals surface area (Å²) in [6.45, 7) is 14.8. The molecule has 7 nitrogen and oxygen atoms in total. The second-order valence-electron chi connectivity index (χ2n) is 13.0. The summed E-state index contributed by atoms with van der Waals surface area (Å²) in [5, 5.41) is 0.187. The molecule has 0 unspecified atom stereocenters. The van der Waals surface area contributed by atoms with Gasteiger partial charge in [-0.25, -0.2) is 9.78 Å². The van der Waals surface area contributed by atoms with Crippen LogP contribution in [0, 0.1) is 0 Å². The molecule has 2 aliphatic heterocycles. The van der Waals surface area contributed by atoms with Gasteiger partial charge in [-0.2, -0.15) is 0 Å². The first-order valence-electron chi connectivity index (χ1n) is 14.7. The number of aromatic nitrogens is 2. The van der Waals surface area contributed by atoms with Gasteiger partial charge in [-0.15, -0.1) is 0 Å². The number of nitrogens with zero attached hydrogens (tertiary/aromatic N) is 3. The molecule has 3 heterocycles. The number of carbonyl (C=O) groups is 1. The molecule has 0 bridgehead atoms. The molecule has 8 heteroatoms. The molecule has 3 atom stereocenters. The van der Waals surface area contributed by atoms with E-state index in [1.807, 2.05) is 6.07 Å². The van der Waals surface area contributed by atoms with E-state index in [1.54, 1.807) is 4.90 Å². The highest BCUT2D eigenvalue weighted by atomic mass is 28.4. The molecular weight excluding hydrogens is 518 g/mol. The lowest BCUT2D eigenvalue weighted by molar-refractivity contribution is -0.0359. The van der Waals surface area contributed by atoms with E-state index in [9.17, 15) is 4.79 Å². The average molecular weight is 564 g/mol. The Kier molecular flexibility index (Phi) is 8.14. The third-order valence-electron chi connectivity index (χ3n) is 9.25. The minimum Gasteiger partial charge on any atom is -0.452 e. The van der Waals surface area contributed by atoms with Crippen LogP contribution in [0.25, 0.3) is 11.0 Å². The summed E-state index contributed by atoms with van der Waals surface area (Å²) in [6, 6.07) is 15.0. The molecule has 1 amide bonds. The topological polar surface area (TPSA) is 65.8 Å². The van der Waals surface area contributed by atoms with Crippen molar-refractivity contribution in [2.75, 3.05) is 25.2 Å². The summed E-state index contributed by atoms with van der Waals surface area (Å²) in [6.07, 6.45) is 4.30. The minimum atomic E-state index is -1.82. The molecule has 2 aliphatic rings. The number of anilines is 1. The van der Waals surface area contributed by atoms with Crippen LogP contribution in [0.3, 0.4) is 0 Å². The molecule has 1 fully saturated rings. The Morgan fingerprint density at radius 1 is 1.10 bits per heavy atom. The summed E-state index contributed by atoms with van der Waals surface area (Å²) < 4.78 is 20.5. The van der Waals surface area contributed by atoms with Gasteiger partial charge >= 0.3 is 6.09 Å². The normalized spacial score (nSPS) is 21.9. The number of hydrogen-bond acceptors (Lipinski definition) is 5. The fourth-order valence-corrected chi connectivity index (χ4v) is 6.81. The standard InChI is InChI=1S/C32H45N3O4Si/c1-22-13-16-26-27(34(22)31(36)37-5)17-18-28-30(26)33-29(19-23-11-9-8-10-12-23)35(28)24-14-15-25(38-20-24)21-39-40(6,7)32(2,3)4/h8-12,17-18,22,24-25H,13-16,19-21H2,1-7H3/t22-,24+,25-/m0/s1. The quantitative estimate of drug-likeness (QED) is 0.295. The number of fused-ring (bicyclic) bond motifs is 3. The van der Waals surface area contributed by atoms with Crippen molar-refractivity contribution in [3.8, 4) is 0 Å². The molecule has 0 aliphatic carbocycles. The van der Waals surface area contributed by atoms with Gasteiger partial charge < -0.3 is 18.5 Å². The van der Waals surface area contributed by atoms with Gasteiger partial charge in [0.15, 0.2) is 8.32 Å². The number of methoxy groups -OCH3 is 1. The molecule has 3 aromatic rings. The van der Waals surface area contributed by atoms with Crippen LogP contribution in [-0.2, 0) is 26.7 Å². The largest absolute Gasteiger partial charge is 0.452 e. The maximum Gasteiger partial charge on any atom is 0.414 e. The van der Waals surface area contributed by atoms with E-state index in [4.69, 9.17) is 18.9 Å². The first-order valence-corrected chi connectivity index (χ1v) is 17.6. The van der Waals surface area contributed by atoms with E-state index < -0.39 is 8.32 Å². The zero-order valence-corrected chi connectivity index (χ0v) is 26.2. The first kappa shape index (κ1) is 28.8. The van der Waals surface area contributed by atoms with Gasteiger partial charge in [0.2, 0.25) is 0 Å². The summed E-state index contributed by atoms with van der Waals surface area (Å²) in [5.74, 6) is 1.04. The Balaban J connectivity index is 1.45. The number of rotatable bonds is 6. The summed E-state index contributed by atoms with van der Waals surface area (Å²) in [7, 11) is -0.369. The molecule has 0 spiro atoms. The van der Waals surface area contributed by atoms with E-state index in [2.05, 4.69) is 81.8 Å². The SMILES string of the molecule is COC(=O)N1c2ccc3c(nc(Cc4ccccc4)n3[C@@H]3CC[C@@H](CO[Si](C)(C)C(C)(C)C)OC3)c2CC[C@@H]1C. The van der Waals surface area contributed by atoms with Crippen molar-refractivity contribution >= 4 is 31.1 Å². The highest BCUT2D eigenvalue weighted by molar-refractivity contribution is 6.74. The summed E-state index contributed by atoms with van der Waals surface area (Å²) >= 11 is 0. The van der Waals surface area contributed by atoms with Gasteiger partial charge in [-0.05, 0) is 68.4 Å². The van der Waals surface area contributed by atoms with Gasteiger partial charge in [-0.3, -0.25) is 4.90 Å². The molecule has 0 radical (unpaired) electrons. The molecule has 5 rings (SSSR count). The minimum absolute atomic E-state index is 0.0838. The first-order chi connectivity index (χ1) is 19.0. The summed E-state index contributed by atoms with van der Waals surface area (Å²) in [4.78, 5) is 19.7. The Bertz CT molecular complexity index is 1340. The molecule has 0 N–H and O–H groups in total. The van der Waals surface area contributed by atoms with Crippen LogP contribution in [0.1, 0.15) is 70.0 Å². The lowest BCUT2D eigenvalue weighted by atomic mass is 9.95. The van der Waals surface area contributed by atoms with Crippen molar-refractivity contribution in [2.45, 2.75) is 96.1 Å². The third-order valence-corrected chi connectivity index (χ3v) is 13.8. The second-order valence-corrected chi connectivity index (χ2v) is 17.8. The van der Waals surface area contributed by atoms with Crippen LogP contribution in [0.2, 0.25) is 18.1 Å². The molecule has 40 heavy (non-hydrogen) atoms. The Morgan fingerprint density at radius 3 is 2.50 bits per heavy atom. The lowest BCUT2D eigenvalue weighted by Crippen LogP contribution is -2.43. The highest BCUT2D eigenvalue weighted by Gasteiger charge is 2.38. The Morgan fingerprint density at radius 2 is 1.85 bits per heavy atom. The second kappa shape index (κ2) is 11.3. The molecule has 2 aromatic carbocycles. The van der Waals surface area contributed by atoms with Crippen molar-refractivity contribution < 1.29 is 18.7 Å². The number of aryl methyl sites for hydroxylation is 1. The highest BCUT2D eigenvalue weighted by Crippen LogP contribution is 2.40. The average Bonchev–Trinajstić information content (AvgIpc) is 3.29. The number of ether oxygens (including phenoxy) is 2. The van der Waals surface area contributed by atoms with Crippen LogP contribution in [0.5, 0.6) is 0 Å². The van der Waals surface area contributed by atoms with E-state index in [0.717, 1.165) is 60.2 Å². The summed E-state index contributed by atoms with van der Waals surface area (Å²) in [5.41, 5.74) is 5.39. The van der Waals surface area contributed by atoms with Crippen LogP contribution in [0.4, 0.5) is 10.5 Å². The van der Waals surface area contributed by atoms with Crippen LogP contribution < -0.4 is 4.90 Å².